The van der Waals surface area contributed by atoms with Gasteiger partial charge in [-0.15, -0.1) is 5.54 Å². The van der Waals surface area contributed by atoms with E-state index in [1.807, 2.05) is 30.3 Å². The first kappa shape index (κ1) is 11.7. The smallest absolute Gasteiger partial charge is 0.262 e. The number of benzene rings is 1. The Balaban J connectivity index is 2.71. The highest BCUT2D eigenvalue weighted by Crippen LogP contribution is 2.10. The van der Waals surface area contributed by atoms with Gasteiger partial charge in [-0.2, -0.15) is 0 Å². The van der Waals surface area contributed by atoms with Crippen LogP contribution in [0.5, 0.6) is 0 Å². The average Bonchev–Trinajstić information content (AvgIpc) is 2.26. The number of fused-ring (bicyclic) bond motifs is 1. The summed E-state index contributed by atoms with van der Waals surface area (Å²) in [5.41, 5.74) is 4.04. The van der Waals surface area contributed by atoms with E-state index in [1.54, 1.807) is 10.6 Å². The van der Waals surface area contributed by atoms with Gasteiger partial charge in [-0.3, -0.25) is 4.79 Å². The Morgan fingerprint density at radius 3 is 2.47 bits per heavy atom. The van der Waals surface area contributed by atoms with Crippen LogP contribution in [0.25, 0.3) is 10.9 Å². The van der Waals surface area contributed by atoms with Crippen molar-refractivity contribution in [2.75, 3.05) is 0 Å². The lowest BCUT2D eigenvalue weighted by Crippen LogP contribution is -2.20. The highest BCUT2D eigenvalue weighted by molar-refractivity contribution is 6.83. The molecule has 0 aliphatic heterocycles. The molecule has 86 valence electrons. The van der Waals surface area contributed by atoms with E-state index >= 15 is 0 Å². The second-order valence-corrected chi connectivity index (χ2v) is 9.80. The van der Waals surface area contributed by atoms with Gasteiger partial charge in [-0.25, -0.2) is 4.57 Å². The van der Waals surface area contributed by atoms with Crippen LogP contribution < -0.4 is 5.56 Å². The second kappa shape index (κ2) is 4.23. The lowest BCUT2D eigenvalue weighted by Gasteiger charge is -2.05. The number of aromatic nitrogens is 1. The summed E-state index contributed by atoms with van der Waals surface area (Å²) in [5.74, 6) is 0. The number of rotatable bonds is 0. The molecule has 2 aromatic rings. The second-order valence-electron chi connectivity index (χ2n) is 5.05. The predicted molar refractivity (Wildman–Crippen MR) is 74.7 cm³/mol. The quantitative estimate of drug-likeness (QED) is 0.513. The molecule has 0 saturated carbocycles. The fourth-order valence-electron chi connectivity index (χ4n) is 1.53. The molecule has 0 fully saturated rings. The highest BCUT2D eigenvalue weighted by Gasteiger charge is 2.08. The normalized spacial score (nSPS) is 11.0. The number of para-hydroxylation sites is 1. The van der Waals surface area contributed by atoms with Gasteiger partial charge in [0.2, 0.25) is 0 Å². The van der Waals surface area contributed by atoms with Crippen molar-refractivity contribution in [1.82, 2.24) is 4.57 Å². The van der Waals surface area contributed by atoms with E-state index in [-0.39, 0.29) is 5.56 Å². The third kappa shape index (κ3) is 2.66. The molecule has 0 N–H and O–H groups in total. The van der Waals surface area contributed by atoms with Gasteiger partial charge < -0.3 is 0 Å². The van der Waals surface area contributed by atoms with Gasteiger partial charge >= 0.3 is 0 Å². The maximum absolute atomic E-state index is 11.8. The van der Waals surface area contributed by atoms with Gasteiger partial charge in [-0.1, -0.05) is 37.8 Å². The Hall–Kier alpha value is -1.79. The molecule has 1 aromatic heterocycles. The van der Waals surface area contributed by atoms with E-state index in [2.05, 4.69) is 31.2 Å². The van der Waals surface area contributed by atoms with E-state index < -0.39 is 8.07 Å². The van der Waals surface area contributed by atoms with Crippen molar-refractivity contribution in [2.24, 2.45) is 0 Å². The summed E-state index contributed by atoms with van der Waals surface area (Å²) >= 11 is 0. The van der Waals surface area contributed by atoms with Crippen molar-refractivity contribution in [3.63, 3.8) is 0 Å². The third-order valence-electron chi connectivity index (χ3n) is 2.35. The summed E-state index contributed by atoms with van der Waals surface area (Å²) in [6.07, 6.45) is 0. The van der Waals surface area contributed by atoms with Crippen molar-refractivity contribution in [2.45, 2.75) is 19.6 Å². The zero-order valence-electron chi connectivity index (χ0n) is 10.3. The standard InChI is InChI=1S/C14H15NOSi/c1-17(2,3)11-10-15-13-7-5-4-6-12(13)8-9-14(15)16/h4-9H,1-3H3. The van der Waals surface area contributed by atoms with Gasteiger partial charge in [0.1, 0.15) is 8.07 Å². The predicted octanol–water partition coefficient (Wildman–Crippen LogP) is 2.69. The minimum atomic E-state index is -1.47. The molecular weight excluding hydrogens is 226 g/mol. The molecule has 0 atom stereocenters. The van der Waals surface area contributed by atoms with Crippen LogP contribution in [0, 0.1) is 11.6 Å². The van der Waals surface area contributed by atoms with E-state index in [4.69, 9.17) is 0 Å². The van der Waals surface area contributed by atoms with Gasteiger partial charge in [0.15, 0.2) is 0 Å². The lowest BCUT2D eigenvalue weighted by molar-refractivity contribution is 1.10. The Morgan fingerprint density at radius 1 is 1.06 bits per heavy atom. The molecule has 2 rings (SSSR count). The van der Waals surface area contributed by atoms with Crippen molar-refractivity contribution in [1.29, 1.82) is 0 Å². The monoisotopic (exact) mass is 241 g/mol. The van der Waals surface area contributed by atoms with Gasteiger partial charge in [-0.05, 0) is 17.5 Å². The first-order chi connectivity index (χ1) is 7.97. The van der Waals surface area contributed by atoms with Crippen LogP contribution in [0.15, 0.2) is 41.2 Å². The van der Waals surface area contributed by atoms with Crippen LogP contribution in [0.3, 0.4) is 0 Å². The maximum Gasteiger partial charge on any atom is 0.262 e. The van der Waals surface area contributed by atoms with Crippen LogP contribution in [0.4, 0.5) is 0 Å². The number of hydrogen-bond acceptors (Lipinski definition) is 1. The van der Waals surface area contributed by atoms with Gasteiger partial charge in [0.25, 0.3) is 5.56 Å². The summed E-state index contributed by atoms with van der Waals surface area (Å²) in [4.78, 5) is 11.8. The van der Waals surface area contributed by atoms with Crippen LogP contribution >= 0.6 is 0 Å². The van der Waals surface area contributed by atoms with Crippen molar-refractivity contribution < 1.29 is 0 Å². The van der Waals surface area contributed by atoms with Crippen molar-refractivity contribution in [3.8, 4) is 11.6 Å². The van der Waals surface area contributed by atoms with Crippen LogP contribution in [-0.4, -0.2) is 12.6 Å². The Labute approximate surface area is 102 Å². The number of hydrogen-bond donors (Lipinski definition) is 0. The average molecular weight is 241 g/mol. The molecular formula is C14H15NOSi. The van der Waals surface area contributed by atoms with Gasteiger partial charge in [0, 0.05) is 12.1 Å². The zero-order valence-corrected chi connectivity index (χ0v) is 11.3. The number of nitrogens with zero attached hydrogens (tertiary/aromatic N) is 1. The summed E-state index contributed by atoms with van der Waals surface area (Å²) in [6, 6.07) is 14.2. The summed E-state index contributed by atoms with van der Waals surface area (Å²) < 4.78 is 1.55. The third-order valence-corrected chi connectivity index (χ3v) is 3.21. The van der Waals surface area contributed by atoms with E-state index in [9.17, 15) is 4.79 Å². The molecule has 3 heteroatoms. The Kier molecular flexibility index (Phi) is 2.91. The Bertz CT molecular complexity index is 668. The van der Waals surface area contributed by atoms with Gasteiger partial charge in [0.05, 0.1) is 5.52 Å². The molecule has 0 spiro atoms. The first-order valence-corrected chi connectivity index (χ1v) is 9.11. The maximum atomic E-state index is 11.8. The van der Waals surface area contributed by atoms with Crippen LogP contribution in [0.2, 0.25) is 19.6 Å². The van der Waals surface area contributed by atoms with Crippen molar-refractivity contribution >= 4 is 19.0 Å². The summed E-state index contributed by atoms with van der Waals surface area (Å²) in [7, 11) is -1.47. The topological polar surface area (TPSA) is 22.0 Å². The van der Waals surface area contributed by atoms with Crippen molar-refractivity contribution in [3.05, 3.63) is 46.8 Å². The van der Waals surface area contributed by atoms with Crippen LogP contribution in [0.1, 0.15) is 0 Å². The Morgan fingerprint density at radius 2 is 1.76 bits per heavy atom. The SMILES string of the molecule is C[Si](C)(C)C#Cn1c(=O)ccc2ccccc21. The van der Waals surface area contributed by atoms with E-state index in [1.165, 1.54) is 0 Å². The van der Waals surface area contributed by atoms with E-state index in [0.29, 0.717) is 0 Å². The van der Waals surface area contributed by atoms with Crippen LogP contribution in [-0.2, 0) is 0 Å². The molecule has 1 heterocycles. The molecule has 17 heavy (non-hydrogen) atoms. The number of pyridine rings is 1. The molecule has 0 bridgehead atoms. The lowest BCUT2D eigenvalue weighted by atomic mass is 10.2. The minimum absolute atomic E-state index is 0.0607. The highest BCUT2D eigenvalue weighted by atomic mass is 28.3. The zero-order chi connectivity index (χ0) is 12.5. The fourth-order valence-corrected chi connectivity index (χ4v) is 1.97. The molecule has 1 aromatic carbocycles. The molecule has 0 saturated heterocycles. The molecule has 2 nitrogen and oxygen atoms in total. The van der Waals surface area contributed by atoms with E-state index in [0.717, 1.165) is 10.9 Å². The molecule has 0 unspecified atom stereocenters. The summed E-state index contributed by atoms with van der Waals surface area (Å²) in [5, 5.41) is 1.04. The molecule has 0 radical (unpaired) electrons. The fraction of sp³-hybridized carbons (Fsp3) is 0.214. The summed E-state index contributed by atoms with van der Waals surface area (Å²) in [6.45, 7) is 6.49. The minimum Gasteiger partial charge on any atom is -0.268 e. The molecule has 0 amide bonds. The first-order valence-electron chi connectivity index (χ1n) is 5.61. The molecule has 0 aliphatic rings. The largest absolute Gasteiger partial charge is 0.268 e. The molecule has 0 aliphatic carbocycles.